The van der Waals surface area contributed by atoms with Crippen molar-refractivity contribution >= 4 is 40.9 Å². The van der Waals surface area contributed by atoms with E-state index in [9.17, 15) is 18.4 Å². The zero-order valence-corrected chi connectivity index (χ0v) is 13.8. The fourth-order valence-corrected chi connectivity index (χ4v) is 3.38. The molecule has 0 spiro atoms. The van der Waals surface area contributed by atoms with E-state index in [0.717, 1.165) is 17.8 Å². The predicted octanol–water partition coefficient (Wildman–Crippen LogP) is 4.64. The van der Waals surface area contributed by atoms with Gasteiger partial charge in [-0.15, -0.1) is 0 Å². The Morgan fingerprint density at radius 3 is 2.35 bits per heavy atom. The van der Waals surface area contributed by atoms with Gasteiger partial charge in [-0.1, -0.05) is 41.0 Å². The SMILES string of the molecule is CC(F)(F)c1cc(Sc2c(Cl)cccc2Cl)c(C(=O)O)c(=O)[nH]1. The molecule has 122 valence electrons. The fourth-order valence-electron chi connectivity index (χ4n) is 1.75. The van der Waals surface area contributed by atoms with Crippen molar-refractivity contribution in [2.75, 3.05) is 0 Å². The standard InChI is InChI=1S/C14H9Cl2F2NO3S/c1-14(17,18)9-5-8(10(13(21)22)12(20)19-9)23-11-6(15)3-2-4-7(11)16/h2-5H,1H3,(H,19,20)(H,21,22). The summed E-state index contributed by atoms with van der Waals surface area (Å²) in [6.07, 6.45) is 0. The Labute approximate surface area is 143 Å². The highest BCUT2D eigenvalue weighted by Gasteiger charge is 2.29. The summed E-state index contributed by atoms with van der Waals surface area (Å²) in [4.78, 5) is 25.1. The number of H-pyrrole nitrogens is 1. The first kappa shape index (κ1) is 17.8. The molecule has 0 radical (unpaired) electrons. The molecule has 0 fully saturated rings. The van der Waals surface area contributed by atoms with Crippen LogP contribution >= 0.6 is 35.0 Å². The normalized spacial score (nSPS) is 11.5. The van der Waals surface area contributed by atoms with Gasteiger partial charge in [-0.25, -0.2) is 13.6 Å². The second-order valence-corrected chi connectivity index (χ2v) is 6.46. The first-order valence-corrected chi connectivity index (χ1v) is 7.69. The van der Waals surface area contributed by atoms with E-state index in [2.05, 4.69) is 0 Å². The lowest BCUT2D eigenvalue weighted by Crippen LogP contribution is -2.24. The van der Waals surface area contributed by atoms with Crippen LogP contribution in [0.1, 0.15) is 23.0 Å². The Kier molecular flexibility index (Phi) is 5.03. The van der Waals surface area contributed by atoms with Gasteiger partial charge in [-0.05, 0) is 18.2 Å². The quantitative estimate of drug-likeness (QED) is 0.811. The number of aromatic nitrogens is 1. The van der Waals surface area contributed by atoms with Gasteiger partial charge in [-0.2, -0.15) is 0 Å². The average Bonchev–Trinajstić information content (AvgIpc) is 2.41. The molecule has 0 bridgehead atoms. The molecule has 0 amide bonds. The van der Waals surface area contributed by atoms with E-state index in [1.807, 2.05) is 4.98 Å². The summed E-state index contributed by atoms with van der Waals surface area (Å²) in [7, 11) is 0. The molecule has 0 aliphatic rings. The van der Waals surface area contributed by atoms with Crippen molar-refractivity contribution in [2.24, 2.45) is 0 Å². The molecule has 4 nitrogen and oxygen atoms in total. The lowest BCUT2D eigenvalue weighted by atomic mass is 10.2. The van der Waals surface area contributed by atoms with E-state index >= 15 is 0 Å². The lowest BCUT2D eigenvalue weighted by Gasteiger charge is -2.14. The molecule has 1 aromatic heterocycles. The molecule has 0 saturated carbocycles. The van der Waals surface area contributed by atoms with Gasteiger partial charge in [0.1, 0.15) is 5.56 Å². The second-order valence-electron chi connectivity index (χ2n) is 4.60. The van der Waals surface area contributed by atoms with Gasteiger partial charge in [0.05, 0.1) is 15.7 Å². The number of hydrogen-bond acceptors (Lipinski definition) is 3. The minimum absolute atomic E-state index is 0.173. The number of nitrogens with one attached hydrogen (secondary N) is 1. The number of halogens is 4. The summed E-state index contributed by atoms with van der Waals surface area (Å²) in [6, 6.07) is 5.52. The number of carbonyl (C=O) groups is 1. The van der Waals surface area contributed by atoms with Crippen molar-refractivity contribution < 1.29 is 18.7 Å². The number of aromatic carboxylic acids is 1. The molecular weight excluding hydrogens is 371 g/mol. The van der Waals surface area contributed by atoms with Crippen molar-refractivity contribution in [3.63, 3.8) is 0 Å². The van der Waals surface area contributed by atoms with Crippen LogP contribution in [0.25, 0.3) is 0 Å². The molecule has 1 heterocycles. The Hall–Kier alpha value is -1.57. The highest BCUT2D eigenvalue weighted by Crippen LogP contribution is 2.40. The van der Waals surface area contributed by atoms with Crippen molar-refractivity contribution in [1.29, 1.82) is 0 Å². The maximum absolute atomic E-state index is 13.5. The molecule has 0 unspecified atom stereocenters. The highest BCUT2D eigenvalue weighted by atomic mass is 35.5. The third-order valence-electron chi connectivity index (χ3n) is 2.81. The van der Waals surface area contributed by atoms with Crippen LogP contribution < -0.4 is 5.56 Å². The van der Waals surface area contributed by atoms with Crippen LogP contribution in [-0.2, 0) is 5.92 Å². The average molecular weight is 380 g/mol. The van der Waals surface area contributed by atoms with Gasteiger partial charge in [-0.3, -0.25) is 4.79 Å². The van der Waals surface area contributed by atoms with Crippen LogP contribution in [0.15, 0.2) is 38.9 Å². The highest BCUT2D eigenvalue weighted by molar-refractivity contribution is 7.99. The molecule has 0 aliphatic heterocycles. The monoisotopic (exact) mass is 379 g/mol. The Bertz CT molecular complexity index is 813. The third kappa shape index (κ3) is 3.85. The minimum Gasteiger partial charge on any atom is -0.477 e. The second kappa shape index (κ2) is 6.51. The van der Waals surface area contributed by atoms with Crippen LogP contribution in [-0.4, -0.2) is 16.1 Å². The molecule has 2 N–H and O–H groups in total. The molecule has 0 saturated heterocycles. The van der Waals surface area contributed by atoms with Crippen molar-refractivity contribution in [2.45, 2.75) is 22.6 Å². The van der Waals surface area contributed by atoms with E-state index in [-0.39, 0.29) is 19.8 Å². The van der Waals surface area contributed by atoms with Gasteiger partial charge >= 0.3 is 5.97 Å². The zero-order chi connectivity index (χ0) is 17.4. The number of alkyl halides is 2. The number of carboxylic acid groups (broad SMARTS) is 1. The van der Waals surface area contributed by atoms with Crippen LogP contribution in [0.5, 0.6) is 0 Å². The molecule has 0 atom stereocenters. The van der Waals surface area contributed by atoms with Crippen LogP contribution in [0, 0.1) is 0 Å². The molecular formula is C14H9Cl2F2NO3S. The van der Waals surface area contributed by atoms with Crippen molar-refractivity contribution in [1.82, 2.24) is 4.98 Å². The van der Waals surface area contributed by atoms with Crippen LogP contribution in [0.4, 0.5) is 8.78 Å². The summed E-state index contributed by atoms with van der Waals surface area (Å²) >= 11 is 12.7. The largest absolute Gasteiger partial charge is 0.477 e. The molecule has 2 rings (SSSR count). The zero-order valence-electron chi connectivity index (χ0n) is 11.5. The molecule has 9 heteroatoms. The Morgan fingerprint density at radius 1 is 1.30 bits per heavy atom. The maximum Gasteiger partial charge on any atom is 0.342 e. The van der Waals surface area contributed by atoms with Gasteiger partial charge in [0.2, 0.25) is 0 Å². The molecule has 1 aromatic carbocycles. The lowest BCUT2D eigenvalue weighted by molar-refractivity contribution is 0.0121. The Morgan fingerprint density at radius 2 is 1.87 bits per heavy atom. The van der Waals surface area contributed by atoms with Crippen molar-refractivity contribution in [3.8, 4) is 0 Å². The van der Waals surface area contributed by atoms with Gasteiger partial charge in [0.15, 0.2) is 0 Å². The van der Waals surface area contributed by atoms with E-state index in [1.165, 1.54) is 12.1 Å². The minimum atomic E-state index is -3.34. The van der Waals surface area contributed by atoms with Crippen LogP contribution in [0.2, 0.25) is 10.0 Å². The fraction of sp³-hybridized carbons (Fsp3) is 0.143. The summed E-state index contributed by atoms with van der Waals surface area (Å²) < 4.78 is 26.9. The van der Waals surface area contributed by atoms with Gasteiger partial charge < -0.3 is 10.1 Å². The summed E-state index contributed by atoms with van der Waals surface area (Å²) in [5.74, 6) is -4.88. The maximum atomic E-state index is 13.5. The van der Waals surface area contributed by atoms with E-state index < -0.39 is 28.7 Å². The molecule has 0 aliphatic carbocycles. The number of hydrogen-bond donors (Lipinski definition) is 2. The predicted molar refractivity (Wildman–Crippen MR) is 84.2 cm³/mol. The molecule has 23 heavy (non-hydrogen) atoms. The summed E-state index contributed by atoms with van der Waals surface area (Å²) in [6.45, 7) is 0.593. The first-order chi connectivity index (χ1) is 10.6. The third-order valence-corrected chi connectivity index (χ3v) is 4.85. The number of benzene rings is 1. The summed E-state index contributed by atoms with van der Waals surface area (Å²) in [5.41, 5.74) is -2.47. The number of pyridine rings is 1. The first-order valence-electron chi connectivity index (χ1n) is 6.12. The molecule has 2 aromatic rings. The van der Waals surface area contributed by atoms with E-state index in [1.54, 1.807) is 6.07 Å². The van der Waals surface area contributed by atoms with Crippen molar-refractivity contribution in [3.05, 3.63) is 55.9 Å². The van der Waals surface area contributed by atoms with E-state index in [0.29, 0.717) is 6.92 Å². The van der Waals surface area contributed by atoms with Crippen LogP contribution in [0.3, 0.4) is 0 Å². The summed E-state index contributed by atoms with van der Waals surface area (Å²) in [5, 5.41) is 9.59. The Balaban J connectivity index is 2.67. The number of rotatable bonds is 4. The van der Waals surface area contributed by atoms with E-state index in [4.69, 9.17) is 28.3 Å². The topological polar surface area (TPSA) is 70.2 Å². The van der Waals surface area contributed by atoms with Gasteiger partial charge in [0.25, 0.3) is 11.5 Å². The van der Waals surface area contributed by atoms with Gasteiger partial charge in [0, 0.05) is 16.7 Å². The smallest absolute Gasteiger partial charge is 0.342 e. The number of aromatic amines is 1. The number of carboxylic acids is 1.